The van der Waals surface area contributed by atoms with Crippen molar-refractivity contribution in [3.8, 4) is 23.0 Å². The number of nitrogens with one attached hydrogen (secondary N) is 1. The third-order valence-corrected chi connectivity index (χ3v) is 6.99. The molecule has 2 N–H and O–H groups in total. The molecule has 39 heavy (non-hydrogen) atoms. The molecule has 2 aromatic carbocycles. The standard InChI is InChI=1S/C28H29N9O2/c29-18-20-15-21(17-24(16-20)35-9-6-25(38)7-10-35)26-5-8-30-27(33-26)32-22-1-3-23(4-2-22)37-19-31-28(34-37)36-11-13-39-14-12-36/h1-5,8,15-17,19,25,38H,6-7,9-14H2,(H,30,32,33). The van der Waals surface area contributed by atoms with E-state index in [1.54, 1.807) is 17.2 Å². The van der Waals surface area contributed by atoms with Crippen molar-refractivity contribution in [2.75, 3.05) is 54.5 Å². The Balaban J connectivity index is 1.17. The minimum Gasteiger partial charge on any atom is -0.393 e. The van der Waals surface area contributed by atoms with Gasteiger partial charge in [-0.2, -0.15) is 10.2 Å². The van der Waals surface area contributed by atoms with Crippen LogP contribution in [-0.2, 0) is 4.74 Å². The number of nitrogens with zero attached hydrogens (tertiary/aromatic N) is 8. The first-order valence-electron chi connectivity index (χ1n) is 13.1. The van der Waals surface area contributed by atoms with Crippen molar-refractivity contribution < 1.29 is 9.84 Å². The molecule has 2 aliphatic rings. The van der Waals surface area contributed by atoms with Gasteiger partial charge < -0.3 is 25.0 Å². The number of anilines is 4. The lowest BCUT2D eigenvalue weighted by Crippen LogP contribution is -2.37. The SMILES string of the molecule is N#Cc1cc(-c2ccnc(Nc3ccc(-n4cnc(N5CCOCC5)n4)cc3)n2)cc(N2CCC(O)CC2)c1. The normalized spacial score (nSPS) is 16.2. The van der Waals surface area contributed by atoms with E-state index in [0.29, 0.717) is 30.7 Å². The molecular formula is C28H29N9O2. The summed E-state index contributed by atoms with van der Waals surface area (Å²) in [6.07, 6.45) is 4.61. The van der Waals surface area contributed by atoms with Crippen LogP contribution in [0.5, 0.6) is 0 Å². The van der Waals surface area contributed by atoms with E-state index in [1.165, 1.54) is 0 Å². The summed E-state index contributed by atoms with van der Waals surface area (Å²) in [5, 5.41) is 27.4. The van der Waals surface area contributed by atoms with E-state index in [2.05, 4.69) is 36.3 Å². The van der Waals surface area contributed by atoms with Gasteiger partial charge in [0.1, 0.15) is 6.33 Å². The fourth-order valence-corrected chi connectivity index (χ4v) is 4.82. The number of piperidine rings is 1. The van der Waals surface area contributed by atoms with Gasteiger partial charge in [-0.25, -0.2) is 14.6 Å². The molecule has 6 rings (SSSR count). The molecule has 2 saturated heterocycles. The Morgan fingerprint density at radius 2 is 1.72 bits per heavy atom. The van der Waals surface area contributed by atoms with Gasteiger partial charge in [0.25, 0.3) is 0 Å². The fraction of sp³-hybridized carbons (Fsp3) is 0.321. The molecule has 2 fully saturated rings. The van der Waals surface area contributed by atoms with Gasteiger partial charge in [0.2, 0.25) is 11.9 Å². The highest BCUT2D eigenvalue weighted by molar-refractivity contribution is 5.70. The van der Waals surface area contributed by atoms with E-state index in [-0.39, 0.29) is 6.10 Å². The largest absolute Gasteiger partial charge is 0.393 e. The first kappa shape index (κ1) is 24.8. The van der Waals surface area contributed by atoms with Crippen molar-refractivity contribution in [3.05, 3.63) is 66.6 Å². The highest BCUT2D eigenvalue weighted by Crippen LogP contribution is 2.28. The van der Waals surface area contributed by atoms with Gasteiger partial charge in [-0.05, 0) is 61.4 Å². The summed E-state index contributed by atoms with van der Waals surface area (Å²) in [4.78, 5) is 17.9. The molecule has 2 aliphatic heterocycles. The topological polar surface area (TPSA) is 128 Å². The highest BCUT2D eigenvalue weighted by atomic mass is 16.5. The molecule has 0 atom stereocenters. The molecule has 0 aliphatic carbocycles. The zero-order valence-corrected chi connectivity index (χ0v) is 21.4. The van der Waals surface area contributed by atoms with Gasteiger partial charge in [-0.1, -0.05) is 0 Å². The first-order chi connectivity index (χ1) is 19.1. The van der Waals surface area contributed by atoms with Gasteiger partial charge in [0.15, 0.2) is 0 Å². The van der Waals surface area contributed by atoms with Crippen molar-refractivity contribution in [2.45, 2.75) is 18.9 Å². The monoisotopic (exact) mass is 523 g/mol. The molecule has 4 aromatic rings. The smallest absolute Gasteiger partial charge is 0.245 e. The van der Waals surface area contributed by atoms with Crippen LogP contribution in [0.3, 0.4) is 0 Å². The molecule has 0 saturated carbocycles. The van der Waals surface area contributed by atoms with Crippen LogP contribution in [0.2, 0.25) is 0 Å². The first-order valence-corrected chi connectivity index (χ1v) is 13.1. The van der Waals surface area contributed by atoms with E-state index >= 15 is 0 Å². The minimum absolute atomic E-state index is 0.256. The Bertz CT molecular complexity index is 1470. The lowest BCUT2D eigenvalue weighted by Gasteiger charge is -2.31. The third-order valence-electron chi connectivity index (χ3n) is 6.99. The maximum absolute atomic E-state index is 9.87. The summed E-state index contributed by atoms with van der Waals surface area (Å²) >= 11 is 0. The molecule has 198 valence electrons. The van der Waals surface area contributed by atoms with Crippen molar-refractivity contribution in [2.24, 2.45) is 0 Å². The van der Waals surface area contributed by atoms with Gasteiger partial charge in [0, 0.05) is 49.3 Å². The molecule has 0 amide bonds. The third kappa shape index (κ3) is 5.67. The number of benzene rings is 2. The molecule has 4 heterocycles. The highest BCUT2D eigenvalue weighted by Gasteiger charge is 2.19. The number of ether oxygens (including phenoxy) is 1. The van der Waals surface area contributed by atoms with Gasteiger partial charge in [-0.15, -0.1) is 5.10 Å². The second kappa shape index (κ2) is 11.1. The molecule has 11 heteroatoms. The van der Waals surface area contributed by atoms with Crippen molar-refractivity contribution in [1.29, 1.82) is 5.26 Å². The van der Waals surface area contributed by atoms with Gasteiger partial charge in [-0.3, -0.25) is 0 Å². The quantitative estimate of drug-likeness (QED) is 0.389. The van der Waals surface area contributed by atoms with Gasteiger partial charge in [0.05, 0.1) is 42.3 Å². The maximum Gasteiger partial charge on any atom is 0.245 e. The molecular weight excluding hydrogens is 494 g/mol. The molecule has 0 bridgehead atoms. The van der Waals surface area contributed by atoms with Gasteiger partial charge >= 0.3 is 0 Å². The zero-order chi connectivity index (χ0) is 26.6. The molecule has 0 spiro atoms. The minimum atomic E-state index is -0.256. The summed E-state index contributed by atoms with van der Waals surface area (Å²) in [6.45, 7) is 4.46. The Morgan fingerprint density at radius 3 is 2.49 bits per heavy atom. The fourth-order valence-electron chi connectivity index (χ4n) is 4.82. The van der Waals surface area contributed by atoms with Crippen LogP contribution in [-0.4, -0.2) is 75.3 Å². The second-order valence-corrected chi connectivity index (χ2v) is 9.62. The van der Waals surface area contributed by atoms with E-state index in [9.17, 15) is 10.4 Å². The lowest BCUT2D eigenvalue weighted by atomic mass is 10.0. The van der Waals surface area contributed by atoms with Crippen LogP contribution in [0.15, 0.2) is 61.1 Å². The molecule has 0 radical (unpaired) electrons. The molecule has 2 aromatic heterocycles. The zero-order valence-electron chi connectivity index (χ0n) is 21.4. The van der Waals surface area contributed by atoms with Crippen LogP contribution >= 0.6 is 0 Å². The number of aromatic nitrogens is 5. The lowest BCUT2D eigenvalue weighted by molar-refractivity contribution is 0.122. The van der Waals surface area contributed by atoms with Crippen molar-refractivity contribution in [3.63, 3.8) is 0 Å². The van der Waals surface area contributed by atoms with Crippen LogP contribution in [0, 0.1) is 11.3 Å². The Labute approximate surface area is 226 Å². The maximum atomic E-state index is 9.87. The van der Waals surface area contributed by atoms with E-state index in [4.69, 9.17) is 9.72 Å². The predicted octanol–water partition coefficient (Wildman–Crippen LogP) is 3.14. The Morgan fingerprint density at radius 1 is 0.923 bits per heavy atom. The van der Waals surface area contributed by atoms with E-state index in [0.717, 1.165) is 67.3 Å². The molecule has 0 unspecified atom stereocenters. The Hall–Kier alpha value is -4.53. The summed E-state index contributed by atoms with van der Waals surface area (Å²) in [7, 11) is 0. The second-order valence-electron chi connectivity index (χ2n) is 9.62. The van der Waals surface area contributed by atoms with E-state index < -0.39 is 0 Å². The average molecular weight is 524 g/mol. The number of aliphatic hydroxyl groups is 1. The summed E-state index contributed by atoms with van der Waals surface area (Å²) in [5.41, 5.74) is 4.83. The van der Waals surface area contributed by atoms with Crippen LogP contribution in [0.4, 0.5) is 23.3 Å². The van der Waals surface area contributed by atoms with Crippen molar-refractivity contribution in [1.82, 2.24) is 24.7 Å². The number of nitriles is 1. The summed E-state index contributed by atoms with van der Waals surface area (Å²) in [5.74, 6) is 1.16. The number of morpholine rings is 1. The van der Waals surface area contributed by atoms with Crippen LogP contribution in [0.25, 0.3) is 16.9 Å². The summed E-state index contributed by atoms with van der Waals surface area (Å²) < 4.78 is 7.17. The average Bonchev–Trinajstić information content (AvgIpc) is 3.49. The van der Waals surface area contributed by atoms with Crippen molar-refractivity contribution >= 4 is 23.3 Å². The number of hydrogen-bond donors (Lipinski definition) is 2. The summed E-state index contributed by atoms with van der Waals surface area (Å²) in [6, 6.07) is 17.7. The van der Waals surface area contributed by atoms with Crippen LogP contribution < -0.4 is 15.1 Å². The number of aliphatic hydroxyl groups excluding tert-OH is 1. The Kier molecular flexibility index (Phi) is 7.03. The predicted molar refractivity (Wildman–Crippen MR) is 147 cm³/mol. The van der Waals surface area contributed by atoms with Crippen LogP contribution in [0.1, 0.15) is 18.4 Å². The van der Waals surface area contributed by atoms with E-state index in [1.807, 2.05) is 48.5 Å². The number of hydrogen-bond acceptors (Lipinski definition) is 10. The number of rotatable bonds is 6. The molecule has 11 nitrogen and oxygen atoms in total.